The number of fused-ring (bicyclic) bond motifs is 1. The number of thiazole rings is 1. The molecule has 0 bridgehead atoms. The lowest BCUT2D eigenvalue weighted by Gasteiger charge is -2.18. The quantitative estimate of drug-likeness (QED) is 0.783. The van der Waals surface area contributed by atoms with E-state index < -0.39 is 0 Å². The van der Waals surface area contributed by atoms with Gasteiger partial charge in [0.25, 0.3) is 5.91 Å². The number of nitrogens with zero attached hydrogens (tertiary/aromatic N) is 3. The van der Waals surface area contributed by atoms with Crippen LogP contribution in [-0.2, 0) is 11.8 Å². The Labute approximate surface area is 131 Å². The second-order valence-corrected chi connectivity index (χ2v) is 5.78. The fourth-order valence-corrected chi connectivity index (χ4v) is 3.05. The molecule has 0 radical (unpaired) electrons. The molecular formula is C15H16N4O2S. The number of aryl methyl sites for hydroxylation is 1. The molecule has 0 aliphatic rings. The number of hydrogen-bond donors (Lipinski definition) is 1. The lowest BCUT2D eigenvalue weighted by Crippen LogP contribution is -2.32. The summed E-state index contributed by atoms with van der Waals surface area (Å²) in [6.45, 7) is 0.383. The first-order valence-corrected chi connectivity index (χ1v) is 7.68. The van der Waals surface area contributed by atoms with Crippen molar-refractivity contribution in [1.82, 2.24) is 20.1 Å². The van der Waals surface area contributed by atoms with E-state index in [1.54, 1.807) is 29.6 Å². The molecular weight excluding hydrogens is 300 g/mol. The van der Waals surface area contributed by atoms with E-state index in [4.69, 9.17) is 4.74 Å². The van der Waals surface area contributed by atoms with Crippen molar-refractivity contribution in [3.8, 4) is 0 Å². The van der Waals surface area contributed by atoms with Gasteiger partial charge in [-0.2, -0.15) is 5.10 Å². The standard InChI is InChI=1S/C15H16N4O2S/c1-19-13(5-6-17-19)12(8-21-2)18-15(20)10-3-4-11-14(7-10)22-9-16-11/h3-7,9,12H,8H2,1-2H3,(H,18,20). The van der Waals surface area contributed by atoms with Crippen LogP contribution in [0.5, 0.6) is 0 Å². The van der Waals surface area contributed by atoms with Crippen LogP contribution in [0.4, 0.5) is 0 Å². The lowest BCUT2D eigenvalue weighted by atomic mass is 10.1. The maximum absolute atomic E-state index is 12.5. The Balaban J connectivity index is 1.82. The zero-order chi connectivity index (χ0) is 15.5. The minimum Gasteiger partial charge on any atom is -0.382 e. The van der Waals surface area contributed by atoms with Gasteiger partial charge in [-0.3, -0.25) is 9.48 Å². The minimum absolute atomic E-state index is 0.140. The van der Waals surface area contributed by atoms with Gasteiger partial charge in [-0.15, -0.1) is 11.3 Å². The van der Waals surface area contributed by atoms with Crippen LogP contribution in [0, 0.1) is 0 Å². The van der Waals surface area contributed by atoms with Crippen LogP contribution in [0.1, 0.15) is 22.1 Å². The van der Waals surface area contributed by atoms with Gasteiger partial charge in [-0.25, -0.2) is 4.98 Å². The molecule has 1 aromatic carbocycles. The summed E-state index contributed by atoms with van der Waals surface area (Å²) >= 11 is 1.52. The van der Waals surface area contributed by atoms with Crippen molar-refractivity contribution in [1.29, 1.82) is 0 Å². The number of methoxy groups -OCH3 is 1. The number of ether oxygens (including phenoxy) is 1. The molecule has 0 saturated heterocycles. The van der Waals surface area contributed by atoms with Gasteiger partial charge < -0.3 is 10.1 Å². The molecule has 0 aliphatic heterocycles. The average molecular weight is 316 g/mol. The van der Waals surface area contributed by atoms with Gasteiger partial charge in [0, 0.05) is 25.9 Å². The summed E-state index contributed by atoms with van der Waals surface area (Å²) in [5.41, 5.74) is 4.19. The van der Waals surface area contributed by atoms with Crippen LogP contribution in [0.3, 0.4) is 0 Å². The summed E-state index contributed by atoms with van der Waals surface area (Å²) in [4.78, 5) is 16.7. The molecule has 114 valence electrons. The molecule has 3 aromatic rings. The fourth-order valence-electron chi connectivity index (χ4n) is 2.33. The number of carbonyl (C=O) groups excluding carboxylic acids is 1. The van der Waals surface area contributed by atoms with E-state index in [2.05, 4.69) is 15.4 Å². The summed E-state index contributed by atoms with van der Waals surface area (Å²) in [5, 5.41) is 7.13. The zero-order valence-corrected chi connectivity index (χ0v) is 13.1. The maximum atomic E-state index is 12.5. The van der Waals surface area contributed by atoms with Crippen LogP contribution in [0.15, 0.2) is 36.0 Å². The van der Waals surface area contributed by atoms with Gasteiger partial charge >= 0.3 is 0 Å². The van der Waals surface area contributed by atoms with Crippen LogP contribution in [0.2, 0.25) is 0 Å². The Hall–Kier alpha value is -2.25. The van der Waals surface area contributed by atoms with Gasteiger partial charge in [0.05, 0.1) is 34.1 Å². The van der Waals surface area contributed by atoms with E-state index in [9.17, 15) is 4.79 Å². The molecule has 6 nitrogen and oxygen atoms in total. The second kappa shape index (κ2) is 6.25. The Morgan fingerprint density at radius 2 is 2.32 bits per heavy atom. The van der Waals surface area contributed by atoms with Crippen molar-refractivity contribution < 1.29 is 9.53 Å². The van der Waals surface area contributed by atoms with E-state index in [-0.39, 0.29) is 11.9 Å². The third-order valence-electron chi connectivity index (χ3n) is 3.45. The van der Waals surface area contributed by atoms with Gasteiger partial charge in [0.15, 0.2) is 0 Å². The fraction of sp³-hybridized carbons (Fsp3) is 0.267. The third-order valence-corrected chi connectivity index (χ3v) is 4.24. The van der Waals surface area contributed by atoms with Crippen molar-refractivity contribution in [3.05, 3.63) is 47.2 Å². The predicted octanol–water partition coefficient (Wildman–Crippen LogP) is 2.15. The number of amides is 1. The number of nitrogens with one attached hydrogen (secondary N) is 1. The van der Waals surface area contributed by atoms with Crippen molar-refractivity contribution in [2.45, 2.75) is 6.04 Å². The average Bonchev–Trinajstić information content (AvgIpc) is 3.14. The third kappa shape index (κ3) is 2.86. The number of benzene rings is 1. The first kappa shape index (κ1) is 14.7. The molecule has 1 amide bonds. The molecule has 2 aromatic heterocycles. The zero-order valence-electron chi connectivity index (χ0n) is 12.3. The molecule has 7 heteroatoms. The number of carbonyl (C=O) groups is 1. The van der Waals surface area contributed by atoms with Crippen molar-refractivity contribution in [3.63, 3.8) is 0 Å². The molecule has 1 atom stereocenters. The Morgan fingerprint density at radius 3 is 3.05 bits per heavy atom. The summed E-state index contributed by atoms with van der Waals surface area (Å²) < 4.78 is 7.94. The highest BCUT2D eigenvalue weighted by atomic mass is 32.1. The summed E-state index contributed by atoms with van der Waals surface area (Å²) in [5.74, 6) is -0.140. The molecule has 2 heterocycles. The van der Waals surface area contributed by atoms with Gasteiger partial charge in [-0.1, -0.05) is 0 Å². The molecule has 0 fully saturated rings. The SMILES string of the molecule is COCC(NC(=O)c1ccc2ncsc2c1)c1ccnn1C. The smallest absolute Gasteiger partial charge is 0.251 e. The van der Waals surface area contributed by atoms with E-state index in [0.29, 0.717) is 12.2 Å². The topological polar surface area (TPSA) is 69.0 Å². The van der Waals surface area contributed by atoms with Crippen LogP contribution in [-0.4, -0.2) is 34.4 Å². The molecule has 1 N–H and O–H groups in total. The van der Waals surface area contributed by atoms with Crippen molar-refractivity contribution in [2.24, 2.45) is 7.05 Å². The Bertz CT molecular complexity index is 796. The molecule has 1 unspecified atom stereocenters. The molecule has 0 spiro atoms. The van der Waals surface area contributed by atoms with Crippen LogP contribution < -0.4 is 5.32 Å². The first-order chi connectivity index (χ1) is 10.7. The van der Waals surface area contributed by atoms with E-state index in [1.807, 2.05) is 25.2 Å². The molecule has 0 saturated carbocycles. The van der Waals surface area contributed by atoms with Crippen LogP contribution >= 0.6 is 11.3 Å². The summed E-state index contributed by atoms with van der Waals surface area (Å²) in [6.07, 6.45) is 1.70. The number of rotatable bonds is 5. The Kier molecular flexibility index (Phi) is 4.17. The highest BCUT2D eigenvalue weighted by Gasteiger charge is 2.18. The summed E-state index contributed by atoms with van der Waals surface area (Å²) in [7, 11) is 3.45. The van der Waals surface area contributed by atoms with Crippen molar-refractivity contribution in [2.75, 3.05) is 13.7 Å². The number of aromatic nitrogens is 3. The van der Waals surface area contributed by atoms with E-state index in [0.717, 1.165) is 15.9 Å². The second-order valence-electron chi connectivity index (χ2n) is 4.90. The molecule has 0 aliphatic carbocycles. The van der Waals surface area contributed by atoms with Gasteiger partial charge in [0.1, 0.15) is 0 Å². The highest BCUT2D eigenvalue weighted by molar-refractivity contribution is 7.16. The van der Waals surface area contributed by atoms with Gasteiger partial charge in [-0.05, 0) is 24.3 Å². The Morgan fingerprint density at radius 1 is 1.45 bits per heavy atom. The van der Waals surface area contributed by atoms with Gasteiger partial charge in [0.2, 0.25) is 0 Å². The largest absolute Gasteiger partial charge is 0.382 e. The predicted molar refractivity (Wildman–Crippen MR) is 84.9 cm³/mol. The monoisotopic (exact) mass is 316 g/mol. The van der Waals surface area contributed by atoms with E-state index >= 15 is 0 Å². The normalized spacial score (nSPS) is 12.5. The highest BCUT2D eigenvalue weighted by Crippen LogP contribution is 2.20. The number of hydrogen-bond acceptors (Lipinski definition) is 5. The van der Waals surface area contributed by atoms with Crippen molar-refractivity contribution >= 4 is 27.5 Å². The molecule has 22 heavy (non-hydrogen) atoms. The maximum Gasteiger partial charge on any atom is 0.251 e. The minimum atomic E-state index is -0.248. The first-order valence-electron chi connectivity index (χ1n) is 6.80. The molecule has 3 rings (SSSR count). The van der Waals surface area contributed by atoms with E-state index in [1.165, 1.54) is 11.3 Å². The lowest BCUT2D eigenvalue weighted by molar-refractivity contribution is 0.0892. The summed E-state index contributed by atoms with van der Waals surface area (Å²) in [6, 6.07) is 7.12. The van der Waals surface area contributed by atoms with Crippen LogP contribution in [0.25, 0.3) is 10.2 Å².